The lowest BCUT2D eigenvalue weighted by molar-refractivity contribution is 0.212. The van der Waals surface area contributed by atoms with Gasteiger partial charge in [0.2, 0.25) is 0 Å². The molecule has 0 spiro atoms. The molecule has 0 aliphatic rings. The fourth-order valence-electron chi connectivity index (χ4n) is 1.71. The molecule has 0 saturated heterocycles. The average molecular weight is 287 g/mol. The summed E-state index contributed by atoms with van der Waals surface area (Å²) in [6.45, 7) is 1.79. The van der Waals surface area contributed by atoms with E-state index < -0.39 is 6.72 Å². The Balaban J connectivity index is 2.46. The molecule has 0 unspecified atom stereocenters. The molecule has 4 nitrogen and oxygen atoms in total. The number of hydrogen-bond donors (Lipinski definition) is 3. The van der Waals surface area contributed by atoms with E-state index in [0.717, 1.165) is 15.8 Å². The van der Waals surface area contributed by atoms with Crippen LogP contribution in [-0.2, 0) is 20.0 Å². The molecule has 0 radical (unpaired) electrons. The topological polar surface area (TPSA) is 54.5 Å². The number of rotatable bonds is 5. The van der Waals surface area contributed by atoms with Gasteiger partial charge >= 0.3 is 0 Å². The van der Waals surface area contributed by atoms with E-state index in [0.29, 0.717) is 24.2 Å². The Morgan fingerprint density at radius 1 is 1.22 bits per heavy atom. The lowest BCUT2D eigenvalue weighted by Crippen LogP contribution is -1.96. The highest BCUT2D eigenvalue weighted by atomic mass is 32.5. The molecule has 0 bridgehead atoms. The molecule has 18 heavy (non-hydrogen) atoms. The van der Waals surface area contributed by atoms with E-state index in [2.05, 4.69) is 4.98 Å². The third-order valence-corrected chi connectivity index (χ3v) is 6.52. The van der Waals surface area contributed by atoms with Crippen molar-refractivity contribution in [3.63, 3.8) is 0 Å². The molecular weight excluding hydrogens is 269 g/mol. The van der Waals surface area contributed by atoms with E-state index in [9.17, 15) is 4.89 Å². The molecule has 1 aromatic carbocycles. The van der Waals surface area contributed by atoms with Crippen LogP contribution in [0.1, 0.15) is 13.8 Å². The van der Waals surface area contributed by atoms with Crippen LogP contribution in [0.2, 0.25) is 0 Å². The maximum absolute atomic E-state index is 10.4. The van der Waals surface area contributed by atoms with E-state index >= 15 is 0 Å². The Hall–Kier alpha value is -0.580. The maximum Gasteiger partial charge on any atom is 0.284 e. The summed E-state index contributed by atoms with van der Waals surface area (Å²) >= 11 is 0. The summed E-state index contributed by atoms with van der Waals surface area (Å²) in [6.07, 6.45) is 1.90. The predicted octanol–water partition coefficient (Wildman–Crippen LogP) is 3.08. The van der Waals surface area contributed by atoms with Crippen LogP contribution in [0.25, 0.3) is 10.9 Å². The number of hydrogen-bond acceptors (Lipinski definition) is 2. The Morgan fingerprint density at radius 2 is 1.89 bits per heavy atom. The van der Waals surface area contributed by atoms with Gasteiger partial charge in [-0.3, -0.25) is 0 Å². The number of para-hydroxylation sites is 1. The zero-order chi connectivity index (χ0) is 13.0. The van der Waals surface area contributed by atoms with Gasteiger partial charge in [0.05, 0.1) is 13.2 Å². The van der Waals surface area contributed by atoms with E-state index in [-0.39, 0.29) is 0 Å². The summed E-state index contributed by atoms with van der Waals surface area (Å²) in [5.41, 5.74) is 1.06. The second-order valence-electron chi connectivity index (χ2n) is 3.65. The third kappa shape index (κ3) is 3.05. The molecule has 0 aliphatic carbocycles. The molecular formula is C12H18NO3PS. The van der Waals surface area contributed by atoms with Crippen molar-refractivity contribution >= 4 is 28.6 Å². The van der Waals surface area contributed by atoms with Crippen molar-refractivity contribution in [2.24, 2.45) is 0 Å². The highest BCUT2D eigenvalue weighted by Gasteiger charge is 2.15. The van der Waals surface area contributed by atoms with Crippen LogP contribution in [0.3, 0.4) is 0 Å². The molecule has 0 atom stereocenters. The van der Waals surface area contributed by atoms with Crippen molar-refractivity contribution in [2.45, 2.75) is 18.7 Å². The van der Waals surface area contributed by atoms with Crippen molar-refractivity contribution in [3.8, 4) is 0 Å². The van der Waals surface area contributed by atoms with Crippen molar-refractivity contribution < 1.29 is 13.9 Å². The summed E-state index contributed by atoms with van der Waals surface area (Å²) < 4.78 is 10.8. The SMILES string of the molecule is CCOP(O)(OCC)=[SH]c1c[nH]c2ccccc12. The summed E-state index contributed by atoms with van der Waals surface area (Å²) in [5, 5.41) is 1.09. The van der Waals surface area contributed by atoms with Crippen molar-refractivity contribution in [2.75, 3.05) is 13.2 Å². The summed E-state index contributed by atoms with van der Waals surface area (Å²) in [5.74, 6) is 0. The minimum absolute atomic E-state index is 0.444. The van der Waals surface area contributed by atoms with Gasteiger partial charge in [0.25, 0.3) is 6.72 Å². The Morgan fingerprint density at radius 3 is 2.56 bits per heavy atom. The number of H-pyrrole nitrogens is 1. The fraction of sp³-hybridized carbons (Fsp3) is 0.333. The Bertz CT molecular complexity index is 571. The number of fused-ring (bicyclic) bond motifs is 1. The highest BCUT2D eigenvalue weighted by molar-refractivity contribution is 8.17. The minimum atomic E-state index is -2.81. The maximum atomic E-state index is 10.4. The minimum Gasteiger partial charge on any atom is -0.360 e. The monoisotopic (exact) mass is 287 g/mol. The highest BCUT2D eigenvalue weighted by Crippen LogP contribution is 2.47. The number of benzene rings is 1. The smallest absolute Gasteiger partial charge is 0.284 e. The largest absolute Gasteiger partial charge is 0.360 e. The van der Waals surface area contributed by atoms with Crippen LogP contribution in [-0.4, -0.2) is 23.1 Å². The van der Waals surface area contributed by atoms with Crippen LogP contribution in [0.5, 0.6) is 0 Å². The van der Waals surface area contributed by atoms with Gasteiger partial charge in [0.15, 0.2) is 0 Å². The lowest BCUT2D eigenvalue weighted by Gasteiger charge is -2.17. The fourth-order valence-corrected chi connectivity index (χ4v) is 5.62. The molecule has 1 aromatic heterocycles. The van der Waals surface area contributed by atoms with E-state index in [1.807, 2.05) is 44.3 Å². The second-order valence-corrected chi connectivity index (χ2v) is 7.94. The molecule has 2 N–H and O–H groups in total. The lowest BCUT2D eigenvalue weighted by atomic mass is 10.2. The summed E-state index contributed by atoms with van der Waals surface area (Å²) in [7, 11) is 0.699. The molecule has 0 aliphatic heterocycles. The quantitative estimate of drug-likeness (QED) is 0.585. The van der Waals surface area contributed by atoms with Gasteiger partial charge in [0, 0.05) is 22.0 Å². The van der Waals surface area contributed by atoms with Crippen molar-refractivity contribution in [1.29, 1.82) is 0 Å². The van der Waals surface area contributed by atoms with Crippen LogP contribution >= 0.6 is 6.72 Å². The van der Waals surface area contributed by atoms with Crippen molar-refractivity contribution in [3.05, 3.63) is 30.5 Å². The molecule has 0 saturated carbocycles. The molecule has 0 amide bonds. The van der Waals surface area contributed by atoms with Gasteiger partial charge in [-0.15, -0.1) is 0 Å². The first-order valence-corrected chi connectivity index (χ1v) is 9.06. The first-order valence-electron chi connectivity index (χ1n) is 5.89. The number of aromatic amines is 1. The third-order valence-electron chi connectivity index (χ3n) is 2.40. The Kier molecular flexibility index (Phi) is 4.65. The number of thiol groups is 1. The summed E-state index contributed by atoms with van der Waals surface area (Å²) in [4.78, 5) is 14.6. The van der Waals surface area contributed by atoms with Gasteiger partial charge in [-0.25, -0.2) is 0 Å². The van der Waals surface area contributed by atoms with Gasteiger partial charge in [-0.05, 0) is 19.9 Å². The predicted molar refractivity (Wildman–Crippen MR) is 77.7 cm³/mol. The zero-order valence-electron chi connectivity index (χ0n) is 10.5. The van der Waals surface area contributed by atoms with Gasteiger partial charge in [0.1, 0.15) is 0 Å². The first-order chi connectivity index (χ1) is 8.68. The zero-order valence-corrected chi connectivity index (χ0v) is 12.2. The molecule has 0 fully saturated rings. The molecule has 6 heteroatoms. The van der Waals surface area contributed by atoms with Crippen LogP contribution in [0.4, 0.5) is 0 Å². The van der Waals surface area contributed by atoms with E-state index in [1.54, 1.807) is 0 Å². The van der Waals surface area contributed by atoms with Crippen molar-refractivity contribution in [1.82, 2.24) is 4.98 Å². The average Bonchev–Trinajstić information content (AvgIpc) is 2.73. The molecule has 2 aromatic rings. The van der Waals surface area contributed by atoms with Crippen LogP contribution in [0.15, 0.2) is 35.4 Å². The Labute approximate surface area is 110 Å². The van der Waals surface area contributed by atoms with Crippen LogP contribution in [0, 0.1) is 0 Å². The van der Waals surface area contributed by atoms with Crippen LogP contribution < -0.4 is 0 Å². The van der Waals surface area contributed by atoms with E-state index in [1.165, 1.54) is 0 Å². The summed E-state index contributed by atoms with van der Waals surface area (Å²) in [6, 6.07) is 7.99. The molecule has 100 valence electrons. The number of nitrogens with one attached hydrogen (secondary N) is 1. The number of aromatic nitrogens is 1. The van der Waals surface area contributed by atoms with Gasteiger partial charge < -0.3 is 18.9 Å². The first kappa shape index (κ1) is 13.8. The van der Waals surface area contributed by atoms with E-state index in [4.69, 9.17) is 9.05 Å². The van der Waals surface area contributed by atoms with Gasteiger partial charge in [-0.2, -0.15) is 0 Å². The van der Waals surface area contributed by atoms with Gasteiger partial charge in [-0.1, -0.05) is 29.1 Å². The molecule has 1 heterocycles. The molecule has 2 rings (SSSR count). The standard InChI is InChI=1S/C12H18NO3PS/c1-3-15-17(14,16-4-2)18-12-9-13-11-8-6-5-7-10(11)12/h5-9,13-14,18H,3-4H2,1-2H3. The second kappa shape index (κ2) is 6.04. The normalized spacial score (nSPS) is 12.2.